The van der Waals surface area contributed by atoms with Gasteiger partial charge in [-0.05, 0) is 122 Å². The fourth-order valence-corrected chi connectivity index (χ4v) is 11.6. The molecule has 0 bridgehead atoms. The Kier molecular flexibility index (Phi) is 67.7. The molecule has 0 fully saturated rings. The average molecular weight is 1380 g/mol. The van der Waals surface area contributed by atoms with Crippen molar-refractivity contribution in [2.45, 2.75) is 334 Å². The van der Waals surface area contributed by atoms with E-state index in [9.17, 15) is 43.5 Å². The summed E-state index contributed by atoms with van der Waals surface area (Å²) in [6, 6.07) is 0. The molecule has 550 valence electrons. The Hall–Kier alpha value is -3.53. The van der Waals surface area contributed by atoms with Crippen LogP contribution in [0.3, 0.4) is 0 Å². The second-order valence-electron chi connectivity index (χ2n) is 25.1. The zero-order valence-electron chi connectivity index (χ0n) is 59.8. The van der Waals surface area contributed by atoms with Gasteiger partial charge in [-0.1, -0.05) is 272 Å². The highest BCUT2D eigenvalue weighted by Crippen LogP contribution is 2.45. The van der Waals surface area contributed by atoms with Gasteiger partial charge < -0.3 is 34.2 Å². The van der Waals surface area contributed by atoms with Gasteiger partial charge in [-0.3, -0.25) is 32.5 Å². The number of allylic oxidation sites excluding steroid dienone is 16. The lowest BCUT2D eigenvalue weighted by molar-refractivity contribution is -0.161. The molecule has 16 nitrogen and oxygen atoms in total. The van der Waals surface area contributed by atoms with Gasteiger partial charge in [0.25, 0.3) is 0 Å². The Balaban J connectivity index is 4.53. The highest BCUT2D eigenvalue weighted by molar-refractivity contribution is 7.47. The Morgan fingerprint density at radius 3 is 0.916 bits per heavy atom. The van der Waals surface area contributed by atoms with Crippen LogP contribution in [0, 0.1) is 0 Å². The first kappa shape index (κ1) is 91.5. The van der Waals surface area contributed by atoms with Crippen molar-refractivity contribution in [1.29, 1.82) is 0 Å². The molecule has 0 saturated heterocycles. The summed E-state index contributed by atoms with van der Waals surface area (Å²) in [5, 5.41) is 20.6. The number of aliphatic hydroxyl groups is 2. The van der Waals surface area contributed by atoms with E-state index in [0.717, 1.165) is 148 Å². The maximum absolute atomic E-state index is 12.9. The molecule has 95 heavy (non-hydrogen) atoms. The Bertz CT molecular complexity index is 2120. The third kappa shape index (κ3) is 71.6. The van der Waals surface area contributed by atoms with E-state index in [1.807, 2.05) is 0 Å². The Morgan fingerprint density at radius 2 is 0.558 bits per heavy atom. The highest BCUT2D eigenvalue weighted by Gasteiger charge is 2.29. The number of hydrogen-bond acceptors (Lipinski definition) is 14. The lowest BCUT2D eigenvalue weighted by Crippen LogP contribution is -2.30. The SMILES string of the molecule is CC/C=C\C/C=C\C/C=C\CCCCCCCCCC(=O)OCC(COP(=O)(O)OCC(O)COP(=O)(O)OCC(O)COC(=O)CCCCCCCCCCCCC/C=C\C/C=C\C/C=C\C/C=C\CCCCC)OC(=O)CCCCCCC/C=C\CCCCCCCC. The molecule has 0 rings (SSSR count). The zero-order chi connectivity index (χ0) is 69.5. The number of phosphoric ester groups is 2. The summed E-state index contributed by atoms with van der Waals surface area (Å²) in [5.41, 5.74) is 0. The molecular weight excluding hydrogens is 1240 g/mol. The van der Waals surface area contributed by atoms with E-state index in [2.05, 4.69) is 118 Å². The third-order valence-electron chi connectivity index (χ3n) is 15.8. The van der Waals surface area contributed by atoms with Gasteiger partial charge in [0.1, 0.15) is 25.4 Å². The van der Waals surface area contributed by atoms with Gasteiger partial charge in [0, 0.05) is 19.3 Å². The van der Waals surface area contributed by atoms with Crippen molar-refractivity contribution in [1.82, 2.24) is 0 Å². The molecule has 5 unspecified atom stereocenters. The molecule has 0 aliphatic carbocycles. The molecule has 0 saturated carbocycles. The first-order valence-corrected chi connectivity index (χ1v) is 40.5. The highest BCUT2D eigenvalue weighted by atomic mass is 31.2. The second-order valence-corrected chi connectivity index (χ2v) is 28.0. The summed E-state index contributed by atoms with van der Waals surface area (Å²) in [5.74, 6) is -1.59. The molecule has 0 aromatic heterocycles. The summed E-state index contributed by atoms with van der Waals surface area (Å²) in [4.78, 5) is 58.5. The number of esters is 3. The van der Waals surface area contributed by atoms with E-state index in [4.69, 9.17) is 32.3 Å². The maximum Gasteiger partial charge on any atom is 0.472 e. The van der Waals surface area contributed by atoms with E-state index >= 15 is 0 Å². The minimum absolute atomic E-state index is 0.0928. The van der Waals surface area contributed by atoms with E-state index in [1.54, 1.807) is 0 Å². The lowest BCUT2D eigenvalue weighted by atomic mass is 10.0. The quantitative estimate of drug-likeness (QED) is 0.0146. The van der Waals surface area contributed by atoms with Gasteiger partial charge in [-0.2, -0.15) is 0 Å². The van der Waals surface area contributed by atoms with Crippen LogP contribution in [0.2, 0.25) is 0 Å². The van der Waals surface area contributed by atoms with Crippen LogP contribution in [0.1, 0.15) is 316 Å². The topological polar surface area (TPSA) is 231 Å². The predicted octanol–water partition coefficient (Wildman–Crippen LogP) is 21.4. The molecule has 0 aliphatic heterocycles. The lowest BCUT2D eigenvalue weighted by Gasteiger charge is -2.21. The molecule has 0 spiro atoms. The number of aliphatic hydroxyl groups excluding tert-OH is 2. The number of carbonyl (C=O) groups excluding carboxylic acids is 3. The monoisotopic (exact) mass is 1380 g/mol. The molecule has 0 radical (unpaired) electrons. The summed E-state index contributed by atoms with van der Waals surface area (Å²) in [6.07, 6.45) is 78.8. The zero-order valence-corrected chi connectivity index (χ0v) is 61.6. The largest absolute Gasteiger partial charge is 0.472 e. The van der Waals surface area contributed by atoms with Crippen molar-refractivity contribution in [3.05, 3.63) is 97.2 Å². The van der Waals surface area contributed by atoms with Crippen molar-refractivity contribution in [2.24, 2.45) is 0 Å². The van der Waals surface area contributed by atoms with Crippen LogP contribution in [-0.4, -0.2) is 95.9 Å². The van der Waals surface area contributed by atoms with Crippen LogP contribution in [0.4, 0.5) is 0 Å². The fourth-order valence-electron chi connectivity index (χ4n) is 10.0. The predicted molar refractivity (Wildman–Crippen MR) is 390 cm³/mol. The van der Waals surface area contributed by atoms with E-state index in [0.29, 0.717) is 19.3 Å². The fraction of sp³-hybridized carbons (Fsp3) is 0.753. The van der Waals surface area contributed by atoms with Gasteiger partial charge in [0.05, 0.1) is 26.4 Å². The summed E-state index contributed by atoms with van der Waals surface area (Å²) in [6.45, 7) is 2.53. The van der Waals surface area contributed by atoms with E-state index in [1.165, 1.54) is 109 Å². The van der Waals surface area contributed by atoms with Crippen molar-refractivity contribution < 1.29 is 75.8 Å². The molecule has 0 amide bonds. The summed E-state index contributed by atoms with van der Waals surface area (Å²) < 4.78 is 61.0. The van der Waals surface area contributed by atoms with Crippen molar-refractivity contribution in [3.8, 4) is 0 Å². The van der Waals surface area contributed by atoms with Gasteiger partial charge in [-0.15, -0.1) is 0 Å². The average Bonchev–Trinajstić information content (AvgIpc) is 2.44. The molecule has 4 N–H and O–H groups in total. The van der Waals surface area contributed by atoms with E-state index in [-0.39, 0.29) is 19.3 Å². The van der Waals surface area contributed by atoms with Gasteiger partial charge in [0.2, 0.25) is 0 Å². The van der Waals surface area contributed by atoms with Crippen LogP contribution in [-0.2, 0) is 55.8 Å². The van der Waals surface area contributed by atoms with Crippen molar-refractivity contribution in [3.63, 3.8) is 0 Å². The third-order valence-corrected chi connectivity index (χ3v) is 17.7. The minimum atomic E-state index is -4.93. The van der Waals surface area contributed by atoms with Gasteiger partial charge >= 0.3 is 33.6 Å². The van der Waals surface area contributed by atoms with Crippen LogP contribution >= 0.6 is 15.6 Å². The van der Waals surface area contributed by atoms with Crippen LogP contribution in [0.5, 0.6) is 0 Å². The van der Waals surface area contributed by atoms with Gasteiger partial charge in [0.15, 0.2) is 6.10 Å². The maximum atomic E-state index is 12.9. The number of rotatable bonds is 71. The first-order chi connectivity index (χ1) is 46.2. The van der Waals surface area contributed by atoms with E-state index < -0.39 is 91.5 Å². The number of ether oxygens (including phenoxy) is 3. The van der Waals surface area contributed by atoms with Crippen molar-refractivity contribution >= 4 is 33.6 Å². The minimum Gasteiger partial charge on any atom is -0.463 e. The molecule has 18 heteroatoms. The van der Waals surface area contributed by atoms with Crippen LogP contribution < -0.4 is 0 Å². The molecule has 0 aromatic rings. The second kappa shape index (κ2) is 70.3. The van der Waals surface area contributed by atoms with Gasteiger partial charge in [-0.25, -0.2) is 9.13 Å². The molecule has 5 atom stereocenters. The smallest absolute Gasteiger partial charge is 0.463 e. The Labute approximate surface area is 578 Å². The summed E-state index contributed by atoms with van der Waals surface area (Å²) in [7, 11) is -9.78. The number of unbranched alkanes of at least 4 members (excludes halogenated alkanes) is 32. The van der Waals surface area contributed by atoms with Crippen molar-refractivity contribution in [2.75, 3.05) is 39.6 Å². The Morgan fingerprint density at radius 1 is 0.305 bits per heavy atom. The molecule has 0 aromatic carbocycles. The number of carbonyl (C=O) groups is 3. The number of phosphoric acid groups is 2. The standard InChI is InChI=1S/C77H136O16P2/c1-4-7-10-13-16-19-22-25-28-30-31-32-33-34-35-36-37-38-39-41-44-45-48-51-54-57-60-63-75(80)87-66-72(78)67-89-94(83,84)90-68-73(79)69-91-95(85,86)92-71-74(93-77(82)65-62-59-56-53-50-47-42-27-24-21-18-15-12-9-6-3)70-88-76(81)64-61-58-55-52-49-46-43-40-29-26-23-20-17-14-11-8-5-2/h8,11,16-17,19-20,25-29,31-32,34-35,42,72-74,78-79H,4-7,9-10,12-15,18,21-24,30,33,36-41,43-71H2,1-3H3,(H,83,84)(H,85,86)/b11-8-,19-16-,20-17-,28-25-,29-26-,32-31-,35-34-,42-27-. The normalized spacial score (nSPS) is 14.6. The summed E-state index contributed by atoms with van der Waals surface area (Å²) >= 11 is 0. The van der Waals surface area contributed by atoms with Crippen LogP contribution in [0.15, 0.2) is 97.2 Å². The molecule has 0 aliphatic rings. The molecular formula is C77H136O16P2. The van der Waals surface area contributed by atoms with Crippen LogP contribution in [0.25, 0.3) is 0 Å². The molecule has 0 heterocycles. The number of hydrogen-bond donors (Lipinski definition) is 4. The first-order valence-electron chi connectivity index (χ1n) is 37.5.